The first-order chi connectivity index (χ1) is 13.1. The molecule has 0 unspecified atom stereocenters. The molecule has 1 heterocycles. The number of carbonyl (C=O) groups is 1. The summed E-state index contributed by atoms with van der Waals surface area (Å²) in [5.74, 6) is 0.782. The molecule has 0 aliphatic heterocycles. The van der Waals surface area contributed by atoms with Crippen molar-refractivity contribution in [3.8, 4) is 5.69 Å². The van der Waals surface area contributed by atoms with Crippen molar-refractivity contribution in [2.75, 3.05) is 5.32 Å². The molecule has 27 heavy (non-hydrogen) atoms. The number of rotatable bonds is 6. The molecular weight excluding hydrogens is 363 g/mol. The van der Waals surface area contributed by atoms with Crippen LogP contribution in [0.25, 0.3) is 5.69 Å². The zero-order chi connectivity index (χ0) is 18.8. The molecule has 0 spiro atoms. The van der Waals surface area contributed by atoms with Gasteiger partial charge in [-0.3, -0.25) is 4.79 Å². The lowest BCUT2D eigenvalue weighted by Gasteiger charge is -2.10. The maximum atomic E-state index is 13.3. The lowest BCUT2D eigenvalue weighted by Crippen LogP contribution is -2.22. The van der Waals surface area contributed by atoms with Crippen molar-refractivity contribution in [1.29, 1.82) is 0 Å². The van der Waals surface area contributed by atoms with Crippen molar-refractivity contribution >= 4 is 23.4 Å². The van der Waals surface area contributed by atoms with Gasteiger partial charge in [0.15, 0.2) is 0 Å². The van der Waals surface area contributed by atoms with E-state index in [9.17, 15) is 9.18 Å². The summed E-state index contributed by atoms with van der Waals surface area (Å²) < 4.78 is 15.1. The van der Waals surface area contributed by atoms with Crippen LogP contribution in [0.5, 0.6) is 0 Å². The molecule has 1 fully saturated rings. The van der Waals surface area contributed by atoms with Gasteiger partial charge in [0.1, 0.15) is 11.6 Å². The van der Waals surface area contributed by atoms with E-state index in [0.717, 1.165) is 24.4 Å². The molecule has 1 aromatic heterocycles. The van der Waals surface area contributed by atoms with Gasteiger partial charge in [-0.25, -0.2) is 14.1 Å². The molecule has 7 heteroatoms. The Labute approximate surface area is 161 Å². The second kappa shape index (κ2) is 7.52. The molecule has 0 bridgehead atoms. The summed E-state index contributed by atoms with van der Waals surface area (Å²) in [6.07, 6.45) is 2.23. The van der Waals surface area contributed by atoms with E-state index in [1.54, 1.807) is 19.1 Å². The van der Waals surface area contributed by atoms with Gasteiger partial charge in [0, 0.05) is 11.6 Å². The van der Waals surface area contributed by atoms with Crippen molar-refractivity contribution in [1.82, 2.24) is 14.8 Å². The first kappa shape index (κ1) is 17.7. The molecule has 2 aromatic carbocycles. The molecule has 4 rings (SSSR count). The minimum Gasteiger partial charge on any atom is -0.325 e. The van der Waals surface area contributed by atoms with Crippen LogP contribution in [0, 0.1) is 5.82 Å². The average Bonchev–Trinajstić information content (AvgIpc) is 3.43. The Kier molecular flexibility index (Phi) is 4.94. The Bertz CT molecular complexity index is 956. The van der Waals surface area contributed by atoms with E-state index < -0.39 is 5.25 Å². The number of halogens is 1. The number of benzene rings is 2. The van der Waals surface area contributed by atoms with Crippen LogP contribution in [0.15, 0.2) is 59.8 Å². The molecule has 0 saturated heterocycles. The zero-order valence-electron chi connectivity index (χ0n) is 14.8. The van der Waals surface area contributed by atoms with E-state index >= 15 is 0 Å². The van der Waals surface area contributed by atoms with Crippen molar-refractivity contribution < 1.29 is 9.18 Å². The fourth-order valence-corrected chi connectivity index (χ4v) is 3.50. The van der Waals surface area contributed by atoms with Crippen LogP contribution < -0.4 is 5.32 Å². The largest absolute Gasteiger partial charge is 0.325 e. The molecular formula is C20H19FN4OS. The van der Waals surface area contributed by atoms with Gasteiger partial charge in [-0.1, -0.05) is 36.0 Å². The SMILES string of the molecule is C[C@H](Sc1nc(C2CC2)n(-c2ccccc2)n1)C(=O)Nc1cccc(F)c1. The van der Waals surface area contributed by atoms with E-state index in [1.165, 1.54) is 23.9 Å². The van der Waals surface area contributed by atoms with Crippen LogP contribution in [0.4, 0.5) is 10.1 Å². The van der Waals surface area contributed by atoms with E-state index in [2.05, 4.69) is 15.4 Å². The summed E-state index contributed by atoms with van der Waals surface area (Å²) in [4.78, 5) is 17.1. The van der Waals surface area contributed by atoms with Crippen LogP contribution in [-0.4, -0.2) is 25.9 Å². The Morgan fingerprint density at radius 2 is 2.00 bits per heavy atom. The molecule has 5 nitrogen and oxygen atoms in total. The van der Waals surface area contributed by atoms with Crippen molar-refractivity contribution in [2.24, 2.45) is 0 Å². The molecule has 3 aromatic rings. The van der Waals surface area contributed by atoms with Crippen LogP contribution in [0.1, 0.15) is 31.5 Å². The Balaban J connectivity index is 1.49. The number of para-hydroxylation sites is 1. The maximum absolute atomic E-state index is 13.3. The molecule has 1 saturated carbocycles. The van der Waals surface area contributed by atoms with Gasteiger partial charge < -0.3 is 5.32 Å². The summed E-state index contributed by atoms with van der Waals surface area (Å²) in [7, 11) is 0. The van der Waals surface area contributed by atoms with Crippen molar-refractivity contribution in [3.05, 3.63) is 66.2 Å². The van der Waals surface area contributed by atoms with Gasteiger partial charge >= 0.3 is 0 Å². The third-order valence-electron chi connectivity index (χ3n) is 4.30. The second-order valence-corrected chi connectivity index (χ2v) is 7.84. The fourth-order valence-electron chi connectivity index (χ4n) is 2.74. The van der Waals surface area contributed by atoms with Crippen LogP contribution >= 0.6 is 11.8 Å². The number of carbonyl (C=O) groups excluding carboxylic acids is 1. The summed E-state index contributed by atoms with van der Waals surface area (Å²) in [6, 6.07) is 15.7. The number of amides is 1. The average molecular weight is 382 g/mol. The van der Waals surface area contributed by atoms with Gasteiger partial charge in [0.05, 0.1) is 10.9 Å². The third kappa shape index (κ3) is 4.19. The molecule has 1 amide bonds. The molecule has 138 valence electrons. The number of hydrogen-bond acceptors (Lipinski definition) is 4. The summed E-state index contributed by atoms with van der Waals surface area (Å²) in [5, 5.41) is 7.50. The number of hydrogen-bond donors (Lipinski definition) is 1. The Morgan fingerprint density at radius 1 is 1.22 bits per heavy atom. The van der Waals surface area contributed by atoms with Crippen molar-refractivity contribution in [3.63, 3.8) is 0 Å². The highest BCUT2D eigenvalue weighted by molar-refractivity contribution is 8.00. The summed E-state index contributed by atoms with van der Waals surface area (Å²) >= 11 is 1.30. The van der Waals surface area contributed by atoms with Crippen LogP contribution in [0.2, 0.25) is 0 Å². The summed E-state index contributed by atoms with van der Waals surface area (Å²) in [6.45, 7) is 1.79. The van der Waals surface area contributed by atoms with E-state index in [-0.39, 0.29) is 11.7 Å². The number of nitrogens with zero attached hydrogens (tertiary/aromatic N) is 3. The number of nitrogens with one attached hydrogen (secondary N) is 1. The Hall–Kier alpha value is -2.67. The molecule has 1 aliphatic rings. The second-order valence-electron chi connectivity index (χ2n) is 6.53. The predicted molar refractivity (Wildman–Crippen MR) is 104 cm³/mol. The van der Waals surface area contributed by atoms with Crippen molar-refractivity contribution in [2.45, 2.75) is 36.1 Å². The summed E-state index contributed by atoms with van der Waals surface area (Å²) in [5.41, 5.74) is 1.41. The van der Waals surface area contributed by atoms with Gasteiger partial charge in [0.2, 0.25) is 11.1 Å². The first-order valence-corrected chi connectivity index (χ1v) is 9.73. The lowest BCUT2D eigenvalue weighted by molar-refractivity contribution is -0.115. The molecule has 1 aliphatic carbocycles. The highest BCUT2D eigenvalue weighted by Gasteiger charge is 2.31. The van der Waals surface area contributed by atoms with Gasteiger partial charge in [-0.15, -0.1) is 5.10 Å². The number of thioether (sulfide) groups is 1. The molecule has 1 atom stereocenters. The normalized spacial score (nSPS) is 14.7. The van der Waals surface area contributed by atoms with Gasteiger partial charge in [-0.2, -0.15) is 0 Å². The quantitative estimate of drug-likeness (QED) is 0.642. The predicted octanol–water partition coefficient (Wildman–Crippen LogP) is 4.40. The van der Waals surface area contributed by atoms with E-state index in [1.807, 2.05) is 35.0 Å². The fraction of sp³-hybridized carbons (Fsp3) is 0.250. The smallest absolute Gasteiger partial charge is 0.237 e. The molecule has 1 N–H and O–H groups in total. The Morgan fingerprint density at radius 3 is 2.70 bits per heavy atom. The van der Waals surface area contributed by atoms with E-state index in [0.29, 0.717) is 16.8 Å². The van der Waals surface area contributed by atoms with Crippen LogP contribution in [0.3, 0.4) is 0 Å². The highest BCUT2D eigenvalue weighted by atomic mass is 32.2. The standard InChI is InChI=1S/C20H19FN4OS/c1-13(19(26)22-16-7-5-6-15(21)12-16)27-20-23-18(14-10-11-14)25(24-20)17-8-3-2-4-9-17/h2-9,12-14H,10-11H2,1H3,(H,22,26)/t13-/m0/s1. The van der Waals surface area contributed by atoms with E-state index in [4.69, 9.17) is 0 Å². The maximum Gasteiger partial charge on any atom is 0.237 e. The third-order valence-corrected chi connectivity index (χ3v) is 5.25. The minimum absolute atomic E-state index is 0.213. The highest BCUT2D eigenvalue weighted by Crippen LogP contribution is 2.40. The lowest BCUT2D eigenvalue weighted by atomic mass is 10.3. The first-order valence-electron chi connectivity index (χ1n) is 8.85. The monoisotopic (exact) mass is 382 g/mol. The van der Waals surface area contributed by atoms with Gasteiger partial charge in [-0.05, 0) is 50.1 Å². The topological polar surface area (TPSA) is 59.8 Å². The number of anilines is 1. The minimum atomic E-state index is -0.410. The van der Waals surface area contributed by atoms with Gasteiger partial charge in [0.25, 0.3) is 0 Å². The number of aromatic nitrogens is 3. The zero-order valence-corrected chi connectivity index (χ0v) is 15.6. The van der Waals surface area contributed by atoms with Crippen LogP contribution in [-0.2, 0) is 4.79 Å². The molecule has 0 radical (unpaired) electrons.